The molecule has 1 aliphatic rings. The van der Waals surface area contributed by atoms with Crippen LogP contribution in [0.25, 0.3) is 0 Å². The van der Waals surface area contributed by atoms with Crippen molar-refractivity contribution in [1.82, 2.24) is 10.2 Å². The van der Waals surface area contributed by atoms with E-state index in [1.165, 1.54) is 0 Å². The summed E-state index contributed by atoms with van der Waals surface area (Å²) < 4.78 is 0. The van der Waals surface area contributed by atoms with Crippen molar-refractivity contribution in [3.8, 4) is 0 Å². The Bertz CT molecular complexity index is 307. The van der Waals surface area contributed by atoms with E-state index >= 15 is 0 Å². The maximum absolute atomic E-state index is 12.1. The van der Waals surface area contributed by atoms with Crippen LogP contribution < -0.4 is 5.32 Å². The van der Waals surface area contributed by atoms with Crippen molar-refractivity contribution in [1.29, 1.82) is 0 Å². The van der Waals surface area contributed by atoms with Gasteiger partial charge >= 0.3 is 12.0 Å². The molecule has 0 bridgehead atoms. The minimum absolute atomic E-state index is 0.00262. The van der Waals surface area contributed by atoms with E-state index in [0.717, 1.165) is 19.4 Å². The highest BCUT2D eigenvalue weighted by molar-refractivity contribution is 5.76. The quantitative estimate of drug-likeness (QED) is 0.791. The molecule has 1 heterocycles. The largest absolute Gasteiger partial charge is 0.481 e. The summed E-state index contributed by atoms with van der Waals surface area (Å²) in [6.45, 7) is 6.92. The number of carboxylic acids is 1. The normalized spacial score (nSPS) is 24.9. The summed E-state index contributed by atoms with van der Waals surface area (Å²) in [5.41, 5.74) is 0. The zero-order chi connectivity index (χ0) is 13.7. The van der Waals surface area contributed by atoms with Gasteiger partial charge in [0.15, 0.2) is 0 Å². The molecule has 3 unspecified atom stereocenters. The summed E-state index contributed by atoms with van der Waals surface area (Å²) in [4.78, 5) is 24.6. The first-order chi connectivity index (χ1) is 8.43. The van der Waals surface area contributed by atoms with E-state index in [0.29, 0.717) is 12.3 Å². The fourth-order valence-electron chi connectivity index (χ4n) is 2.62. The molecular weight excluding hydrogens is 232 g/mol. The maximum atomic E-state index is 12.1. The zero-order valence-electron chi connectivity index (χ0n) is 11.5. The van der Waals surface area contributed by atoms with Crippen LogP contribution in [0.5, 0.6) is 0 Å². The lowest BCUT2D eigenvalue weighted by atomic mass is 10.1. The number of nitrogens with one attached hydrogen (secondary N) is 1. The maximum Gasteiger partial charge on any atom is 0.317 e. The van der Waals surface area contributed by atoms with Gasteiger partial charge in [-0.15, -0.1) is 0 Å². The molecule has 2 N–H and O–H groups in total. The smallest absolute Gasteiger partial charge is 0.317 e. The van der Waals surface area contributed by atoms with Crippen molar-refractivity contribution >= 4 is 12.0 Å². The summed E-state index contributed by atoms with van der Waals surface area (Å²) in [5, 5.41) is 11.7. The Balaban J connectivity index is 2.52. The Kier molecular flexibility index (Phi) is 5.44. The van der Waals surface area contributed by atoms with Crippen molar-refractivity contribution in [3.63, 3.8) is 0 Å². The number of likely N-dealkylation sites (tertiary alicyclic amines) is 1. The highest BCUT2D eigenvalue weighted by atomic mass is 16.4. The van der Waals surface area contributed by atoms with Crippen LogP contribution in [0.15, 0.2) is 0 Å². The van der Waals surface area contributed by atoms with Crippen molar-refractivity contribution in [3.05, 3.63) is 0 Å². The van der Waals surface area contributed by atoms with Gasteiger partial charge in [-0.3, -0.25) is 4.79 Å². The molecule has 1 rings (SSSR count). The average molecular weight is 256 g/mol. The van der Waals surface area contributed by atoms with Crippen LogP contribution >= 0.6 is 0 Å². The third-order valence-corrected chi connectivity index (χ3v) is 3.43. The Morgan fingerprint density at radius 2 is 2.11 bits per heavy atom. The van der Waals surface area contributed by atoms with Crippen LogP contribution in [0.1, 0.15) is 46.5 Å². The van der Waals surface area contributed by atoms with Crippen LogP contribution in [-0.2, 0) is 4.79 Å². The third kappa shape index (κ3) is 4.20. The van der Waals surface area contributed by atoms with Gasteiger partial charge in [0, 0.05) is 18.6 Å². The molecule has 1 fully saturated rings. The Labute approximate surface area is 109 Å². The topological polar surface area (TPSA) is 69.6 Å². The SMILES string of the molecule is CCCC(CC(=O)O)NC(=O)N1CC(C)CC1C. The molecular formula is C13H24N2O3. The molecule has 104 valence electrons. The number of nitrogens with zero attached hydrogens (tertiary/aromatic N) is 1. The van der Waals surface area contributed by atoms with Crippen molar-refractivity contribution in [2.24, 2.45) is 5.92 Å². The Hall–Kier alpha value is -1.26. The lowest BCUT2D eigenvalue weighted by Crippen LogP contribution is -2.46. The van der Waals surface area contributed by atoms with Gasteiger partial charge in [0.05, 0.1) is 6.42 Å². The molecule has 2 amide bonds. The van der Waals surface area contributed by atoms with Gasteiger partial charge in [0.2, 0.25) is 0 Å². The second kappa shape index (κ2) is 6.61. The van der Waals surface area contributed by atoms with E-state index in [9.17, 15) is 9.59 Å². The number of carbonyl (C=O) groups excluding carboxylic acids is 1. The number of aliphatic carboxylic acids is 1. The molecule has 0 aromatic carbocycles. The number of hydrogen-bond acceptors (Lipinski definition) is 2. The number of carbonyl (C=O) groups is 2. The predicted molar refractivity (Wildman–Crippen MR) is 69.4 cm³/mol. The van der Waals surface area contributed by atoms with Crippen LogP contribution in [0.2, 0.25) is 0 Å². The molecule has 5 heteroatoms. The first-order valence-electron chi connectivity index (χ1n) is 6.73. The monoisotopic (exact) mass is 256 g/mol. The van der Waals surface area contributed by atoms with Crippen LogP contribution in [0.3, 0.4) is 0 Å². The van der Waals surface area contributed by atoms with Crippen molar-refractivity contribution in [2.75, 3.05) is 6.54 Å². The molecule has 0 saturated carbocycles. The Morgan fingerprint density at radius 1 is 1.44 bits per heavy atom. The zero-order valence-corrected chi connectivity index (χ0v) is 11.5. The Morgan fingerprint density at radius 3 is 2.56 bits per heavy atom. The predicted octanol–water partition coefficient (Wildman–Crippen LogP) is 2.07. The van der Waals surface area contributed by atoms with Crippen LogP contribution in [-0.4, -0.2) is 40.6 Å². The lowest BCUT2D eigenvalue weighted by molar-refractivity contribution is -0.137. The lowest BCUT2D eigenvalue weighted by Gasteiger charge is -2.25. The molecule has 0 spiro atoms. The van der Waals surface area contributed by atoms with Crippen LogP contribution in [0, 0.1) is 5.92 Å². The minimum Gasteiger partial charge on any atom is -0.481 e. The van der Waals surface area contributed by atoms with E-state index in [4.69, 9.17) is 5.11 Å². The molecule has 5 nitrogen and oxygen atoms in total. The summed E-state index contributed by atoms with van der Waals surface area (Å²) in [6, 6.07) is -0.137. The van der Waals surface area contributed by atoms with Crippen LogP contribution in [0.4, 0.5) is 4.79 Å². The second-order valence-corrected chi connectivity index (χ2v) is 5.38. The molecule has 1 aliphatic heterocycles. The van der Waals surface area contributed by atoms with Gasteiger partial charge in [-0.25, -0.2) is 4.79 Å². The van der Waals surface area contributed by atoms with Gasteiger partial charge in [-0.2, -0.15) is 0 Å². The van der Waals surface area contributed by atoms with Gasteiger partial charge in [0.25, 0.3) is 0 Å². The summed E-state index contributed by atoms with van der Waals surface area (Å²) >= 11 is 0. The fourth-order valence-corrected chi connectivity index (χ4v) is 2.62. The van der Waals surface area contributed by atoms with E-state index in [-0.39, 0.29) is 24.5 Å². The number of rotatable bonds is 5. The van der Waals surface area contributed by atoms with E-state index in [1.807, 2.05) is 18.7 Å². The van der Waals surface area contributed by atoms with Gasteiger partial charge in [0.1, 0.15) is 0 Å². The molecule has 3 atom stereocenters. The summed E-state index contributed by atoms with van der Waals surface area (Å²) in [6.07, 6.45) is 2.59. The highest BCUT2D eigenvalue weighted by Crippen LogP contribution is 2.22. The van der Waals surface area contributed by atoms with Crippen molar-refractivity contribution < 1.29 is 14.7 Å². The van der Waals surface area contributed by atoms with E-state index in [1.54, 1.807) is 0 Å². The van der Waals surface area contributed by atoms with E-state index < -0.39 is 5.97 Å². The molecule has 0 aliphatic carbocycles. The molecule has 0 aromatic rings. The number of hydrogen-bond donors (Lipinski definition) is 2. The molecule has 0 radical (unpaired) electrons. The second-order valence-electron chi connectivity index (χ2n) is 5.38. The van der Waals surface area contributed by atoms with E-state index in [2.05, 4.69) is 12.2 Å². The first-order valence-corrected chi connectivity index (χ1v) is 6.73. The van der Waals surface area contributed by atoms with Gasteiger partial charge < -0.3 is 15.3 Å². The number of amides is 2. The minimum atomic E-state index is -0.864. The average Bonchev–Trinajstić information content (AvgIpc) is 2.57. The van der Waals surface area contributed by atoms with Crippen molar-refractivity contribution in [2.45, 2.75) is 58.5 Å². The molecule has 1 saturated heterocycles. The number of carboxylic acid groups (broad SMARTS) is 1. The molecule has 0 aromatic heterocycles. The fraction of sp³-hybridized carbons (Fsp3) is 0.846. The third-order valence-electron chi connectivity index (χ3n) is 3.43. The standard InChI is InChI=1S/C13H24N2O3/c1-4-5-11(7-12(16)17)14-13(18)15-8-9(2)6-10(15)3/h9-11H,4-8H2,1-3H3,(H,14,18)(H,16,17). The van der Waals surface area contributed by atoms with Gasteiger partial charge in [-0.1, -0.05) is 20.3 Å². The van der Waals surface area contributed by atoms with Gasteiger partial charge in [-0.05, 0) is 25.7 Å². The summed E-state index contributed by atoms with van der Waals surface area (Å²) in [5.74, 6) is -0.341. The summed E-state index contributed by atoms with van der Waals surface area (Å²) in [7, 11) is 0. The first kappa shape index (κ1) is 14.8. The molecule has 18 heavy (non-hydrogen) atoms. The highest BCUT2D eigenvalue weighted by Gasteiger charge is 2.30. The number of urea groups is 1.